The fourth-order valence-corrected chi connectivity index (χ4v) is 1.14. The third kappa shape index (κ3) is 2.17. The summed E-state index contributed by atoms with van der Waals surface area (Å²) in [5, 5.41) is 7.55. The topological polar surface area (TPSA) is 57.0 Å². The van der Waals surface area contributed by atoms with Crippen molar-refractivity contribution in [1.82, 2.24) is 15.0 Å². The molecule has 0 radical (unpaired) electrons. The molecule has 0 bridgehead atoms. The summed E-state index contributed by atoms with van der Waals surface area (Å²) in [6.45, 7) is 4.44. The molecule has 1 aromatic rings. The zero-order valence-corrected chi connectivity index (χ0v) is 8.73. The highest BCUT2D eigenvalue weighted by Crippen LogP contribution is 2.04. The van der Waals surface area contributed by atoms with E-state index < -0.39 is 6.10 Å². The van der Waals surface area contributed by atoms with Gasteiger partial charge in [-0.2, -0.15) is 0 Å². The summed E-state index contributed by atoms with van der Waals surface area (Å²) >= 11 is 0. The van der Waals surface area contributed by atoms with E-state index in [2.05, 4.69) is 10.3 Å². The minimum absolute atomic E-state index is 0.0778. The normalized spacial score (nSPS) is 12.8. The number of hydrogen-bond acceptors (Lipinski definition) is 4. The SMILES string of the molecule is CCCn1nncc1C(=O)C(C)OC. The van der Waals surface area contributed by atoms with Gasteiger partial charge in [-0.25, -0.2) is 4.68 Å². The second-order valence-corrected chi connectivity index (χ2v) is 3.08. The maximum atomic E-state index is 11.7. The molecule has 1 atom stereocenters. The molecule has 5 heteroatoms. The van der Waals surface area contributed by atoms with Gasteiger partial charge in [0.05, 0.1) is 6.20 Å². The van der Waals surface area contributed by atoms with Gasteiger partial charge in [0.25, 0.3) is 0 Å². The van der Waals surface area contributed by atoms with Gasteiger partial charge >= 0.3 is 0 Å². The number of Topliss-reactive ketones (excluding diaryl/α,β-unsaturated/α-hetero) is 1. The molecule has 1 unspecified atom stereocenters. The molecule has 1 aromatic heterocycles. The van der Waals surface area contributed by atoms with Crippen molar-refractivity contribution in [2.45, 2.75) is 32.9 Å². The number of aryl methyl sites for hydroxylation is 1. The van der Waals surface area contributed by atoms with Crippen LogP contribution in [0.3, 0.4) is 0 Å². The molecule has 0 saturated heterocycles. The number of hydrogen-bond donors (Lipinski definition) is 0. The number of ketones is 1. The number of rotatable bonds is 5. The van der Waals surface area contributed by atoms with E-state index in [4.69, 9.17) is 4.74 Å². The standard InChI is InChI=1S/C9H15N3O2/c1-4-5-12-8(6-10-11-12)9(13)7(2)14-3/h6-7H,4-5H2,1-3H3. The molecule has 14 heavy (non-hydrogen) atoms. The van der Waals surface area contributed by atoms with Gasteiger partial charge in [0.2, 0.25) is 5.78 Å². The lowest BCUT2D eigenvalue weighted by Crippen LogP contribution is -2.22. The zero-order valence-electron chi connectivity index (χ0n) is 8.73. The summed E-state index contributed by atoms with van der Waals surface area (Å²) in [5.74, 6) is -0.0778. The second kappa shape index (κ2) is 4.85. The Morgan fingerprint density at radius 1 is 1.71 bits per heavy atom. The first-order valence-electron chi connectivity index (χ1n) is 4.66. The van der Waals surface area contributed by atoms with E-state index in [1.54, 1.807) is 11.6 Å². The first-order chi connectivity index (χ1) is 6.70. The molecule has 0 aliphatic rings. The van der Waals surface area contributed by atoms with E-state index in [0.717, 1.165) is 6.42 Å². The van der Waals surface area contributed by atoms with Crippen LogP contribution in [0, 0.1) is 0 Å². The number of nitrogens with zero attached hydrogens (tertiary/aromatic N) is 3. The van der Waals surface area contributed by atoms with E-state index in [0.29, 0.717) is 12.2 Å². The average Bonchev–Trinajstić information content (AvgIpc) is 2.64. The molecular weight excluding hydrogens is 182 g/mol. The number of methoxy groups -OCH3 is 1. The largest absolute Gasteiger partial charge is 0.374 e. The maximum absolute atomic E-state index is 11.7. The molecule has 0 amide bonds. The smallest absolute Gasteiger partial charge is 0.210 e. The Labute approximate surface area is 83.1 Å². The molecule has 0 fully saturated rings. The van der Waals surface area contributed by atoms with Crippen molar-refractivity contribution in [3.05, 3.63) is 11.9 Å². The third-order valence-electron chi connectivity index (χ3n) is 2.03. The molecule has 5 nitrogen and oxygen atoms in total. The second-order valence-electron chi connectivity index (χ2n) is 3.08. The Morgan fingerprint density at radius 2 is 2.43 bits per heavy atom. The van der Waals surface area contributed by atoms with Gasteiger partial charge in [-0.3, -0.25) is 4.79 Å². The van der Waals surface area contributed by atoms with Crippen LogP contribution in [0.4, 0.5) is 0 Å². The number of carbonyl (C=O) groups is 1. The lowest BCUT2D eigenvalue weighted by molar-refractivity contribution is 0.0644. The molecule has 0 aliphatic heterocycles. The van der Waals surface area contributed by atoms with Gasteiger partial charge in [-0.1, -0.05) is 12.1 Å². The van der Waals surface area contributed by atoms with Crippen LogP contribution in [0.25, 0.3) is 0 Å². The van der Waals surface area contributed by atoms with Gasteiger partial charge < -0.3 is 4.74 Å². The summed E-state index contributed by atoms with van der Waals surface area (Å²) in [7, 11) is 1.51. The lowest BCUT2D eigenvalue weighted by atomic mass is 10.2. The van der Waals surface area contributed by atoms with Crippen LogP contribution < -0.4 is 0 Å². The minimum atomic E-state index is -0.441. The molecule has 0 spiro atoms. The van der Waals surface area contributed by atoms with Crippen LogP contribution in [0.2, 0.25) is 0 Å². The van der Waals surface area contributed by atoms with Crippen molar-refractivity contribution < 1.29 is 9.53 Å². The highest BCUT2D eigenvalue weighted by Gasteiger charge is 2.18. The van der Waals surface area contributed by atoms with Crippen molar-refractivity contribution in [3.63, 3.8) is 0 Å². The summed E-state index contributed by atoms with van der Waals surface area (Å²) in [4.78, 5) is 11.7. The van der Waals surface area contributed by atoms with Gasteiger partial charge in [0.15, 0.2) is 0 Å². The molecule has 0 saturated carbocycles. The van der Waals surface area contributed by atoms with E-state index >= 15 is 0 Å². The Hall–Kier alpha value is -1.23. The molecule has 78 valence electrons. The van der Waals surface area contributed by atoms with Crippen molar-refractivity contribution in [2.24, 2.45) is 0 Å². The van der Waals surface area contributed by atoms with Crippen LogP contribution in [0.15, 0.2) is 6.20 Å². The molecule has 0 N–H and O–H groups in total. The van der Waals surface area contributed by atoms with Crippen molar-refractivity contribution in [1.29, 1.82) is 0 Å². The summed E-state index contributed by atoms with van der Waals surface area (Å²) in [6, 6.07) is 0. The van der Waals surface area contributed by atoms with Gasteiger partial charge in [0, 0.05) is 13.7 Å². The summed E-state index contributed by atoms with van der Waals surface area (Å²) in [6.07, 6.45) is 1.96. The van der Waals surface area contributed by atoms with E-state index in [-0.39, 0.29) is 5.78 Å². The maximum Gasteiger partial charge on any atom is 0.210 e. The predicted molar refractivity (Wildman–Crippen MR) is 51.1 cm³/mol. The number of carbonyl (C=O) groups excluding carboxylic acids is 1. The van der Waals surface area contributed by atoms with E-state index in [1.165, 1.54) is 13.3 Å². The molecule has 0 aromatic carbocycles. The fraction of sp³-hybridized carbons (Fsp3) is 0.667. The summed E-state index contributed by atoms with van der Waals surface area (Å²) < 4.78 is 6.56. The predicted octanol–water partition coefficient (Wildman–Crippen LogP) is 0.906. The van der Waals surface area contributed by atoms with Crippen molar-refractivity contribution >= 4 is 5.78 Å². The summed E-state index contributed by atoms with van der Waals surface area (Å²) in [5.41, 5.74) is 0.515. The van der Waals surface area contributed by atoms with Crippen LogP contribution in [0.5, 0.6) is 0 Å². The highest BCUT2D eigenvalue weighted by atomic mass is 16.5. The van der Waals surface area contributed by atoms with Gasteiger partial charge in [-0.15, -0.1) is 5.10 Å². The first-order valence-corrected chi connectivity index (χ1v) is 4.66. The zero-order chi connectivity index (χ0) is 10.6. The van der Waals surface area contributed by atoms with Crippen LogP contribution in [0.1, 0.15) is 30.8 Å². The molecule has 1 rings (SSSR count). The molecular formula is C9H15N3O2. The number of ether oxygens (including phenoxy) is 1. The lowest BCUT2D eigenvalue weighted by Gasteiger charge is -2.08. The fourth-order valence-electron chi connectivity index (χ4n) is 1.14. The van der Waals surface area contributed by atoms with E-state index in [1.807, 2.05) is 6.92 Å². The Bertz CT molecular complexity index is 309. The minimum Gasteiger partial charge on any atom is -0.374 e. The first kappa shape index (κ1) is 10.8. The van der Waals surface area contributed by atoms with E-state index in [9.17, 15) is 4.79 Å². The molecule has 1 heterocycles. The molecule has 0 aliphatic carbocycles. The number of aromatic nitrogens is 3. The van der Waals surface area contributed by atoms with Gasteiger partial charge in [0.1, 0.15) is 11.8 Å². The monoisotopic (exact) mass is 197 g/mol. The third-order valence-corrected chi connectivity index (χ3v) is 2.03. The highest BCUT2D eigenvalue weighted by molar-refractivity contribution is 5.97. The Morgan fingerprint density at radius 3 is 3.00 bits per heavy atom. The van der Waals surface area contributed by atoms with Crippen LogP contribution >= 0.6 is 0 Å². The van der Waals surface area contributed by atoms with Crippen LogP contribution in [-0.4, -0.2) is 34.0 Å². The van der Waals surface area contributed by atoms with Crippen LogP contribution in [-0.2, 0) is 11.3 Å². The average molecular weight is 197 g/mol. The Kier molecular flexibility index (Phi) is 3.76. The van der Waals surface area contributed by atoms with Gasteiger partial charge in [-0.05, 0) is 13.3 Å². The van der Waals surface area contributed by atoms with Crippen molar-refractivity contribution in [3.8, 4) is 0 Å². The Balaban J connectivity index is 2.83. The van der Waals surface area contributed by atoms with Crippen molar-refractivity contribution in [2.75, 3.05) is 7.11 Å². The quantitative estimate of drug-likeness (QED) is 0.658.